The van der Waals surface area contributed by atoms with E-state index in [-0.39, 0.29) is 5.91 Å². The summed E-state index contributed by atoms with van der Waals surface area (Å²) in [5, 5.41) is 6.19. The lowest BCUT2D eigenvalue weighted by molar-refractivity contribution is 0.102. The van der Waals surface area contributed by atoms with Gasteiger partial charge < -0.3 is 20.3 Å². The van der Waals surface area contributed by atoms with Crippen molar-refractivity contribution in [3.05, 3.63) is 72.6 Å². The number of para-hydroxylation sites is 2. The van der Waals surface area contributed by atoms with Crippen LogP contribution >= 0.6 is 0 Å². The fourth-order valence-corrected chi connectivity index (χ4v) is 3.47. The Bertz CT molecular complexity index is 982. The van der Waals surface area contributed by atoms with Gasteiger partial charge >= 0.3 is 0 Å². The van der Waals surface area contributed by atoms with Crippen LogP contribution in [0.3, 0.4) is 0 Å². The minimum absolute atomic E-state index is 0.241. The van der Waals surface area contributed by atoms with E-state index in [9.17, 15) is 4.79 Å². The van der Waals surface area contributed by atoms with E-state index in [1.165, 1.54) is 18.5 Å². The Morgan fingerprint density at radius 1 is 1.00 bits per heavy atom. The highest BCUT2D eigenvalue weighted by molar-refractivity contribution is 6.05. The maximum atomic E-state index is 12.6. The van der Waals surface area contributed by atoms with Crippen LogP contribution in [0.25, 0.3) is 0 Å². The third-order valence-corrected chi connectivity index (χ3v) is 4.98. The molecule has 29 heavy (non-hydrogen) atoms. The number of carbonyl (C=O) groups excluding carboxylic acids is 1. The average molecular weight is 388 g/mol. The first-order valence-corrected chi connectivity index (χ1v) is 9.74. The normalized spacial score (nSPS) is 13.2. The van der Waals surface area contributed by atoms with Gasteiger partial charge in [-0.2, -0.15) is 0 Å². The second-order valence-corrected chi connectivity index (χ2v) is 6.98. The molecule has 2 aromatic carbocycles. The van der Waals surface area contributed by atoms with Gasteiger partial charge in [-0.15, -0.1) is 0 Å². The van der Waals surface area contributed by atoms with Crippen LogP contribution in [-0.2, 0) is 0 Å². The van der Waals surface area contributed by atoms with Gasteiger partial charge in [-0.25, -0.2) is 0 Å². The number of rotatable bonds is 6. The fourth-order valence-electron chi connectivity index (χ4n) is 3.47. The standard InChI is InChI=1S/C23H24N4O2/c1-29-22-7-3-2-6-21(22)26-23(28)17-14-19(16-24-15-17)25-18-8-10-20(11-9-18)27-12-4-5-13-27/h2-3,6-11,14-16,25H,4-5,12-13H2,1H3,(H,26,28). The smallest absolute Gasteiger partial charge is 0.257 e. The Hall–Kier alpha value is -3.54. The highest BCUT2D eigenvalue weighted by atomic mass is 16.5. The summed E-state index contributed by atoms with van der Waals surface area (Å²) in [5.41, 5.74) is 4.05. The molecule has 1 aliphatic heterocycles. The highest BCUT2D eigenvalue weighted by Crippen LogP contribution is 2.25. The number of aromatic nitrogens is 1. The molecular weight excluding hydrogens is 364 g/mol. The van der Waals surface area contributed by atoms with Crippen LogP contribution in [-0.4, -0.2) is 31.1 Å². The molecule has 1 amide bonds. The Labute approximate surface area is 170 Å². The van der Waals surface area contributed by atoms with Crippen molar-refractivity contribution in [3.8, 4) is 5.75 Å². The molecule has 3 aromatic rings. The number of nitrogens with one attached hydrogen (secondary N) is 2. The number of hydrogen-bond donors (Lipinski definition) is 2. The van der Waals surface area contributed by atoms with Crippen molar-refractivity contribution in [1.82, 2.24) is 4.98 Å². The van der Waals surface area contributed by atoms with E-state index in [0.717, 1.165) is 24.5 Å². The number of amides is 1. The van der Waals surface area contributed by atoms with Gasteiger partial charge in [-0.05, 0) is 55.3 Å². The van der Waals surface area contributed by atoms with Crippen molar-refractivity contribution < 1.29 is 9.53 Å². The van der Waals surface area contributed by atoms with E-state index >= 15 is 0 Å². The van der Waals surface area contributed by atoms with Gasteiger partial charge in [0.15, 0.2) is 0 Å². The number of pyridine rings is 1. The number of benzene rings is 2. The van der Waals surface area contributed by atoms with E-state index in [4.69, 9.17) is 4.74 Å². The average Bonchev–Trinajstić information content (AvgIpc) is 3.30. The second-order valence-electron chi connectivity index (χ2n) is 6.98. The third kappa shape index (κ3) is 4.48. The van der Waals surface area contributed by atoms with Crippen LogP contribution in [0.1, 0.15) is 23.2 Å². The van der Waals surface area contributed by atoms with Gasteiger partial charge in [0.05, 0.1) is 30.2 Å². The Morgan fingerprint density at radius 2 is 1.76 bits per heavy atom. The summed E-state index contributed by atoms with van der Waals surface area (Å²) in [6, 6.07) is 17.4. The number of carbonyl (C=O) groups is 1. The van der Waals surface area contributed by atoms with E-state index in [0.29, 0.717) is 17.0 Å². The molecule has 1 saturated heterocycles. The van der Waals surface area contributed by atoms with Crippen molar-refractivity contribution in [3.63, 3.8) is 0 Å². The zero-order valence-electron chi connectivity index (χ0n) is 16.4. The summed E-state index contributed by atoms with van der Waals surface area (Å²) >= 11 is 0. The van der Waals surface area contributed by atoms with Crippen molar-refractivity contribution >= 4 is 28.7 Å². The molecule has 4 rings (SSSR count). The summed E-state index contributed by atoms with van der Waals surface area (Å²) < 4.78 is 5.29. The van der Waals surface area contributed by atoms with Gasteiger partial charge in [0.25, 0.3) is 5.91 Å². The molecule has 1 aliphatic rings. The summed E-state index contributed by atoms with van der Waals surface area (Å²) in [4.78, 5) is 19.2. The van der Waals surface area contributed by atoms with E-state index in [1.807, 2.05) is 12.1 Å². The predicted octanol–water partition coefficient (Wildman–Crippen LogP) is 4.69. The lowest BCUT2D eigenvalue weighted by Gasteiger charge is -2.18. The van der Waals surface area contributed by atoms with Gasteiger partial charge in [0.2, 0.25) is 0 Å². The van der Waals surface area contributed by atoms with Crippen molar-refractivity contribution in [2.45, 2.75) is 12.8 Å². The molecule has 0 atom stereocenters. The van der Waals surface area contributed by atoms with Crippen molar-refractivity contribution in [2.75, 3.05) is 35.7 Å². The molecule has 1 fully saturated rings. The summed E-state index contributed by atoms with van der Waals surface area (Å²) in [6.07, 6.45) is 5.77. The molecule has 0 bridgehead atoms. The molecule has 0 spiro atoms. The number of nitrogens with zero attached hydrogens (tertiary/aromatic N) is 2. The molecule has 0 aliphatic carbocycles. The van der Waals surface area contributed by atoms with Gasteiger partial charge in [0.1, 0.15) is 5.75 Å². The lowest BCUT2D eigenvalue weighted by atomic mass is 10.2. The molecule has 6 nitrogen and oxygen atoms in total. The van der Waals surface area contributed by atoms with Gasteiger partial charge in [-0.1, -0.05) is 12.1 Å². The van der Waals surface area contributed by atoms with E-state index < -0.39 is 0 Å². The first-order chi connectivity index (χ1) is 14.2. The minimum atomic E-state index is -0.241. The molecule has 148 valence electrons. The Morgan fingerprint density at radius 3 is 2.52 bits per heavy atom. The minimum Gasteiger partial charge on any atom is -0.495 e. The molecule has 2 heterocycles. The number of methoxy groups -OCH3 is 1. The van der Waals surface area contributed by atoms with E-state index in [1.54, 1.807) is 37.7 Å². The maximum absolute atomic E-state index is 12.6. The number of anilines is 4. The SMILES string of the molecule is COc1ccccc1NC(=O)c1cncc(Nc2ccc(N3CCCC3)cc2)c1. The monoisotopic (exact) mass is 388 g/mol. The molecule has 2 N–H and O–H groups in total. The summed E-state index contributed by atoms with van der Waals surface area (Å²) in [6.45, 7) is 2.25. The number of hydrogen-bond acceptors (Lipinski definition) is 5. The molecule has 0 radical (unpaired) electrons. The number of ether oxygens (including phenoxy) is 1. The van der Waals surface area contributed by atoms with Crippen LogP contribution in [0.5, 0.6) is 5.75 Å². The largest absolute Gasteiger partial charge is 0.495 e. The predicted molar refractivity (Wildman–Crippen MR) is 116 cm³/mol. The van der Waals surface area contributed by atoms with Crippen molar-refractivity contribution in [2.24, 2.45) is 0 Å². The highest BCUT2D eigenvalue weighted by Gasteiger charge is 2.13. The Balaban J connectivity index is 1.45. The molecule has 0 saturated carbocycles. The second kappa shape index (κ2) is 8.65. The molecular formula is C23H24N4O2. The zero-order chi connectivity index (χ0) is 20.1. The van der Waals surface area contributed by atoms with Crippen LogP contribution in [0.15, 0.2) is 67.0 Å². The topological polar surface area (TPSA) is 66.5 Å². The first kappa shape index (κ1) is 18.8. The van der Waals surface area contributed by atoms with Gasteiger partial charge in [-0.3, -0.25) is 9.78 Å². The third-order valence-electron chi connectivity index (χ3n) is 4.98. The zero-order valence-corrected chi connectivity index (χ0v) is 16.4. The molecule has 1 aromatic heterocycles. The van der Waals surface area contributed by atoms with Crippen LogP contribution in [0.2, 0.25) is 0 Å². The quantitative estimate of drug-likeness (QED) is 0.641. The lowest BCUT2D eigenvalue weighted by Crippen LogP contribution is -2.17. The van der Waals surface area contributed by atoms with Crippen LogP contribution in [0, 0.1) is 0 Å². The molecule has 0 unspecified atom stereocenters. The van der Waals surface area contributed by atoms with Crippen molar-refractivity contribution in [1.29, 1.82) is 0 Å². The summed E-state index contributed by atoms with van der Waals surface area (Å²) in [7, 11) is 1.58. The summed E-state index contributed by atoms with van der Waals surface area (Å²) in [5.74, 6) is 0.371. The fraction of sp³-hybridized carbons (Fsp3) is 0.217. The maximum Gasteiger partial charge on any atom is 0.257 e. The first-order valence-electron chi connectivity index (χ1n) is 9.74. The Kier molecular flexibility index (Phi) is 5.61. The van der Waals surface area contributed by atoms with Crippen LogP contribution in [0.4, 0.5) is 22.7 Å². The van der Waals surface area contributed by atoms with Crippen LogP contribution < -0.4 is 20.3 Å². The van der Waals surface area contributed by atoms with E-state index in [2.05, 4.69) is 44.8 Å². The molecule has 6 heteroatoms. The van der Waals surface area contributed by atoms with Gasteiger partial charge in [0, 0.05) is 30.7 Å².